The molecule has 1 amide bonds. The lowest BCUT2D eigenvalue weighted by Crippen LogP contribution is -2.76. The van der Waals surface area contributed by atoms with Crippen molar-refractivity contribution in [2.45, 2.75) is 17.5 Å². The molecule has 2 aliphatic rings. The van der Waals surface area contributed by atoms with E-state index in [2.05, 4.69) is 5.32 Å². The second kappa shape index (κ2) is 4.94. The number of likely N-dealkylation sites (tertiary alicyclic amines) is 1. The number of amides is 1. The molecule has 0 spiro atoms. The Bertz CT molecular complexity index is 457. The van der Waals surface area contributed by atoms with Gasteiger partial charge in [0.2, 0.25) is 0 Å². The van der Waals surface area contributed by atoms with Crippen molar-refractivity contribution in [2.75, 3.05) is 39.9 Å². The third-order valence-electron chi connectivity index (χ3n) is 3.97. The van der Waals surface area contributed by atoms with Crippen LogP contribution < -0.4 is 5.32 Å². The van der Waals surface area contributed by atoms with Gasteiger partial charge in [0.25, 0.3) is 11.4 Å². The van der Waals surface area contributed by atoms with Crippen LogP contribution in [0.4, 0.5) is 0 Å². The standard InChI is InChI=1S/C10H16N4O6/c1-20-3-2-12-6-9(13(16)17)4-10(7-12,14(18)19)8(15)11-5-9/h2-7H2,1H3,(H,11,15)/t9-,10-/m0/s1. The molecule has 10 heteroatoms. The summed E-state index contributed by atoms with van der Waals surface area (Å²) in [7, 11) is 1.48. The zero-order chi connectivity index (χ0) is 15.0. The zero-order valence-corrected chi connectivity index (χ0v) is 11.0. The SMILES string of the molecule is COCCN1C[C@@]2([N+](=O)[O-])CNC(=O)[C@@]([N+](=O)[O-])(C1)C2. The maximum Gasteiger partial charge on any atom is 0.317 e. The van der Waals surface area contributed by atoms with Crippen LogP contribution in [0.3, 0.4) is 0 Å². The minimum Gasteiger partial charge on any atom is -0.383 e. The summed E-state index contributed by atoms with van der Waals surface area (Å²) in [5.41, 5.74) is -3.45. The highest BCUT2D eigenvalue weighted by atomic mass is 16.6. The Morgan fingerprint density at radius 3 is 2.60 bits per heavy atom. The molecule has 0 unspecified atom stereocenters. The molecule has 2 aliphatic heterocycles. The van der Waals surface area contributed by atoms with Crippen LogP contribution in [0.25, 0.3) is 0 Å². The second-order valence-electron chi connectivity index (χ2n) is 5.33. The summed E-state index contributed by atoms with van der Waals surface area (Å²) < 4.78 is 4.90. The topological polar surface area (TPSA) is 128 Å². The number of carbonyl (C=O) groups excluding carboxylic acids is 1. The summed E-state index contributed by atoms with van der Waals surface area (Å²) in [5.74, 6) is -0.748. The van der Waals surface area contributed by atoms with Gasteiger partial charge in [0.15, 0.2) is 0 Å². The quantitative estimate of drug-likeness (QED) is 0.481. The number of piperidine rings is 2. The monoisotopic (exact) mass is 288 g/mol. The highest BCUT2D eigenvalue weighted by Gasteiger charge is 2.69. The van der Waals surface area contributed by atoms with Gasteiger partial charge in [0.05, 0.1) is 26.2 Å². The van der Waals surface area contributed by atoms with Gasteiger partial charge in [-0.25, -0.2) is 0 Å². The van der Waals surface area contributed by atoms with E-state index in [1.54, 1.807) is 4.90 Å². The molecule has 20 heavy (non-hydrogen) atoms. The van der Waals surface area contributed by atoms with Crippen molar-refractivity contribution in [1.82, 2.24) is 10.2 Å². The molecule has 2 bridgehead atoms. The molecule has 0 radical (unpaired) electrons. The summed E-state index contributed by atoms with van der Waals surface area (Å²) in [6, 6.07) is 0. The van der Waals surface area contributed by atoms with Crippen molar-refractivity contribution in [1.29, 1.82) is 0 Å². The van der Waals surface area contributed by atoms with Crippen molar-refractivity contribution in [3.8, 4) is 0 Å². The summed E-state index contributed by atoms with van der Waals surface area (Å²) in [4.78, 5) is 35.0. The summed E-state index contributed by atoms with van der Waals surface area (Å²) >= 11 is 0. The first-order chi connectivity index (χ1) is 9.36. The van der Waals surface area contributed by atoms with Crippen molar-refractivity contribution in [2.24, 2.45) is 0 Å². The third kappa shape index (κ3) is 2.10. The van der Waals surface area contributed by atoms with Crippen LogP contribution in [-0.4, -0.2) is 71.6 Å². The van der Waals surface area contributed by atoms with Gasteiger partial charge in [0.1, 0.15) is 6.42 Å². The summed E-state index contributed by atoms with van der Waals surface area (Å²) in [5, 5.41) is 25.0. The first-order valence-corrected chi connectivity index (χ1v) is 6.15. The fourth-order valence-electron chi connectivity index (χ4n) is 2.95. The normalized spacial score (nSPS) is 33.5. The molecule has 2 fully saturated rings. The van der Waals surface area contributed by atoms with Gasteiger partial charge in [-0.1, -0.05) is 0 Å². The van der Waals surface area contributed by atoms with E-state index < -0.39 is 26.8 Å². The Morgan fingerprint density at radius 1 is 1.35 bits per heavy atom. The average molecular weight is 288 g/mol. The van der Waals surface area contributed by atoms with Gasteiger partial charge in [0, 0.05) is 23.5 Å². The van der Waals surface area contributed by atoms with Crippen LogP contribution in [0, 0.1) is 20.2 Å². The third-order valence-corrected chi connectivity index (χ3v) is 3.97. The largest absolute Gasteiger partial charge is 0.383 e. The number of nitrogens with zero attached hydrogens (tertiary/aromatic N) is 3. The molecular weight excluding hydrogens is 272 g/mol. The number of rotatable bonds is 5. The highest BCUT2D eigenvalue weighted by molar-refractivity contribution is 5.86. The fraction of sp³-hybridized carbons (Fsp3) is 0.900. The molecule has 0 aromatic carbocycles. The van der Waals surface area contributed by atoms with E-state index in [9.17, 15) is 25.0 Å². The number of carbonyl (C=O) groups is 1. The molecule has 0 saturated carbocycles. The number of fused-ring (bicyclic) bond motifs is 2. The zero-order valence-electron chi connectivity index (χ0n) is 11.0. The number of nitrogens with one attached hydrogen (secondary N) is 1. The molecule has 2 saturated heterocycles. The number of methoxy groups -OCH3 is 1. The lowest BCUT2D eigenvalue weighted by molar-refractivity contribution is -0.618. The van der Waals surface area contributed by atoms with Crippen molar-refractivity contribution in [3.05, 3.63) is 20.2 Å². The first-order valence-electron chi connectivity index (χ1n) is 6.15. The van der Waals surface area contributed by atoms with E-state index in [4.69, 9.17) is 4.74 Å². The molecule has 2 heterocycles. The fourth-order valence-corrected chi connectivity index (χ4v) is 2.95. The van der Waals surface area contributed by atoms with Crippen LogP contribution in [0.15, 0.2) is 0 Å². The average Bonchev–Trinajstić information content (AvgIpc) is 2.40. The van der Waals surface area contributed by atoms with Gasteiger partial charge in [-0.05, 0) is 0 Å². The number of hydrogen-bond acceptors (Lipinski definition) is 7. The van der Waals surface area contributed by atoms with Crippen LogP contribution in [0.2, 0.25) is 0 Å². The Hall–Kier alpha value is -1.81. The number of nitro groups is 2. The molecular formula is C10H16N4O6. The molecule has 0 aromatic heterocycles. The predicted molar refractivity (Wildman–Crippen MR) is 65.4 cm³/mol. The lowest BCUT2D eigenvalue weighted by Gasteiger charge is -2.45. The number of ether oxygens (including phenoxy) is 1. The van der Waals surface area contributed by atoms with Crippen molar-refractivity contribution in [3.63, 3.8) is 0 Å². The minimum absolute atomic E-state index is 0.0687. The minimum atomic E-state index is -1.95. The van der Waals surface area contributed by atoms with Crippen molar-refractivity contribution < 1.29 is 19.4 Å². The second-order valence-corrected chi connectivity index (χ2v) is 5.33. The molecule has 112 valence electrons. The van der Waals surface area contributed by atoms with Crippen LogP contribution in [-0.2, 0) is 9.53 Å². The van der Waals surface area contributed by atoms with E-state index in [1.807, 2.05) is 0 Å². The summed E-state index contributed by atoms with van der Waals surface area (Å²) in [6.07, 6.45) is -0.366. The molecule has 2 atom stereocenters. The maximum absolute atomic E-state index is 11.9. The number of hydrogen-bond donors (Lipinski definition) is 1. The Kier molecular flexibility index (Phi) is 3.61. The van der Waals surface area contributed by atoms with Gasteiger partial charge in [-0.3, -0.25) is 29.9 Å². The molecule has 10 nitrogen and oxygen atoms in total. The molecule has 0 aromatic rings. The van der Waals surface area contributed by atoms with E-state index in [0.717, 1.165) is 0 Å². The Labute approximate surface area is 114 Å². The van der Waals surface area contributed by atoms with Crippen molar-refractivity contribution >= 4 is 5.91 Å². The van der Waals surface area contributed by atoms with Gasteiger partial charge in [-0.15, -0.1) is 0 Å². The van der Waals surface area contributed by atoms with Gasteiger partial charge in [-0.2, -0.15) is 0 Å². The predicted octanol–water partition coefficient (Wildman–Crippen LogP) is -1.50. The maximum atomic E-state index is 11.9. The highest BCUT2D eigenvalue weighted by Crippen LogP contribution is 2.36. The van der Waals surface area contributed by atoms with E-state index in [1.165, 1.54) is 7.11 Å². The van der Waals surface area contributed by atoms with E-state index >= 15 is 0 Å². The smallest absolute Gasteiger partial charge is 0.317 e. The molecule has 1 N–H and O–H groups in total. The first kappa shape index (κ1) is 14.6. The van der Waals surface area contributed by atoms with Crippen LogP contribution >= 0.6 is 0 Å². The lowest BCUT2D eigenvalue weighted by atomic mass is 9.74. The van der Waals surface area contributed by atoms with E-state index in [0.29, 0.717) is 13.2 Å². The Morgan fingerprint density at radius 2 is 2.05 bits per heavy atom. The molecule has 2 rings (SSSR count). The molecule has 0 aliphatic carbocycles. The van der Waals surface area contributed by atoms with Crippen LogP contribution in [0.1, 0.15) is 6.42 Å². The van der Waals surface area contributed by atoms with Gasteiger partial charge < -0.3 is 10.1 Å². The van der Waals surface area contributed by atoms with Gasteiger partial charge >= 0.3 is 5.54 Å². The van der Waals surface area contributed by atoms with Crippen LogP contribution in [0.5, 0.6) is 0 Å². The van der Waals surface area contributed by atoms with E-state index in [-0.39, 0.29) is 26.1 Å². The summed E-state index contributed by atoms with van der Waals surface area (Å²) in [6.45, 7) is 0.361. The Balaban J connectivity index is 2.36.